The molecule has 0 aromatic heterocycles. The maximum atomic E-state index is 12.3. The molecule has 0 fully saturated rings. The van der Waals surface area contributed by atoms with Crippen LogP contribution in [0.2, 0.25) is 0 Å². The lowest BCUT2D eigenvalue weighted by molar-refractivity contribution is -0.116. The first-order chi connectivity index (χ1) is 10.3. The van der Waals surface area contributed by atoms with Crippen LogP contribution in [-0.4, -0.2) is 31.4 Å². The fraction of sp³-hybridized carbons (Fsp3) is 0.471. The molecule has 22 heavy (non-hydrogen) atoms. The number of Topliss-reactive ketones (excluding diaryl/α,β-unsaturated/α-hetero) is 2. The smallest absolute Gasteiger partial charge is 0.438 e. The van der Waals surface area contributed by atoms with Crippen LogP contribution in [0, 0.1) is 0 Å². The minimum Gasteiger partial charge on any atom is -0.438 e. The molecule has 0 unspecified atom stereocenters. The van der Waals surface area contributed by atoms with Crippen LogP contribution in [0.1, 0.15) is 40.5 Å². The quantitative estimate of drug-likeness (QED) is 0.443. The predicted molar refractivity (Wildman–Crippen MR) is 82.4 cm³/mol. The Labute approximate surface area is 130 Å². The Bertz CT molecular complexity index is 590. The van der Waals surface area contributed by atoms with E-state index >= 15 is 0 Å². The Morgan fingerprint density at radius 3 is 2.23 bits per heavy atom. The van der Waals surface area contributed by atoms with Gasteiger partial charge in [-0.25, -0.2) is 4.79 Å². The molecule has 0 amide bonds. The first-order valence-corrected chi connectivity index (χ1v) is 7.12. The Morgan fingerprint density at radius 1 is 1.05 bits per heavy atom. The van der Waals surface area contributed by atoms with Gasteiger partial charge in [-0.1, -0.05) is 5.57 Å². The highest BCUT2D eigenvalue weighted by atomic mass is 16.7. The fourth-order valence-corrected chi connectivity index (χ4v) is 2.19. The van der Waals surface area contributed by atoms with Gasteiger partial charge >= 0.3 is 6.16 Å². The van der Waals surface area contributed by atoms with Crippen molar-refractivity contribution in [1.29, 1.82) is 0 Å². The standard InChI is InChI=1S/C17H22O5/c1-10(8-9-22-17(20)21-5)6-7-14-13(4)15(18)11(2)12(3)16(14)19/h8H,6-7,9H2,1-5H3. The van der Waals surface area contributed by atoms with E-state index in [2.05, 4.69) is 4.74 Å². The van der Waals surface area contributed by atoms with Gasteiger partial charge < -0.3 is 9.47 Å². The molecule has 0 saturated carbocycles. The maximum absolute atomic E-state index is 12.3. The van der Waals surface area contributed by atoms with Crippen molar-refractivity contribution in [3.8, 4) is 0 Å². The van der Waals surface area contributed by atoms with Crippen LogP contribution in [0.5, 0.6) is 0 Å². The second kappa shape index (κ2) is 7.73. The minimum atomic E-state index is -0.730. The van der Waals surface area contributed by atoms with Crippen LogP contribution >= 0.6 is 0 Å². The van der Waals surface area contributed by atoms with Crippen molar-refractivity contribution < 1.29 is 23.9 Å². The SMILES string of the molecule is COC(=O)OCC=C(C)CCC1=C(C)C(=O)C(C)=C(C)C1=O. The van der Waals surface area contributed by atoms with Crippen molar-refractivity contribution in [2.45, 2.75) is 40.5 Å². The van der Waals surface area contributed by atoms with Crippen molar-refractivity contribution in [3.63, 3.8) is 0 Å². The fourth-order valence-electron chi connectivity index (χ4n) is 2.19. The lowest BCUT2D eigenvalue weighted by Crippen LogP contribution is -2.20. The Balaban J connectivity index is 2.68. The summed E-state index contributed by atoms with van der Waals surface area (Å²) in [6.07, 6.45) is 2.16. The molecule has 5 nitrogen and oxygen atoms in total. The van der Waals surface area contributed by atoms with Gasteiger partial charge in [-0.2, -0.15) is 0 Å². The van der Waals surface area contributed by atoms with Gasteiger partial charge in [-0.05, 0) is 46.6 Å². The van der Waals surface area contributed by atoms with Gasteiger partial charge in [0.2, 0.25) is 0 Å². The summed E-state index contributed by atoms with van der Waals surface area (Å²) in [7, 11) is 1.25. The normalized spacial score (nSPS) is 16.3. The van der Waals surface area contributed by atoms with Gasteiger partial charge in [-0.3, -0.25) is 9.59 Å². The van der Waals surface area contributed by atoms with Crippen LogP contribution in [0.3, 0.4) is 0 Å². The van der Waals surface area contributed by atoms with E-state index in [4.69, 9.17) is 4.74 Å². The summed E-state index contributed by atoms with van der Waals surface area (Å²) in [5.74, 6) is -0.101. The van der Waals surface area contributed by atoms with Gasteiger partial charge in [0.25, 0.3) is 0 Å². The zero-order valence-electron chi connectivity index (χ0n) is 13.7. The Morgan fingerprint density at radius 2 is 1.64 bits per heavy atom. The number of hydrogen-bond donors (Lipinski definition) is 0. The molecule has 1 rings (SSSR count). The average Bonchev–Trinajstić information content (AvgIpc) is 2.50. The van der Waals surface area contributed by atoms with Crippen LogP contribution in [0.4, 0.5) is 4.79 Å². The monoisotopic (exact) mass is 306 g/mol. The van der Waals surface area contributed by atoms with E-state index < -0.39 is 6.16 Å². The predicted octanol–water partition coefficient (Wildman–Crippen LogP) is 3.30. The van der Waals surface area contributed by atoms with E-state index in [0.29, 0.717) is 35.1 Å². The number of carbonyl (C=O) groups is 3. The van der Waals surface area contributed by atoms with Crippen molar-refractivity contribution in [2.75, 3.05) is 13.7 Å². The highest BCUT2D eigenvalue weighted by Crippen LogP contribution is 2.27. The zero-order valence-corrected chi connectivity index (χ0v) is 13.7. The van der Waals surface area contributed by atoms with Gasteiger partial charge in [0.15, 0.2) is 11.6 Å². The topological polar surface area (TPSA) is 69.7 Å². The van der Waals surface area contributed by atoms with E-state index in [1.54, 1.807) is 26.8 Å². The minimum absolute atomic E-state index is 0.0480. The van der Waals surface area contributed by atoms with E-state index in [0.717, 1.165) is 5.57 Å². The Kier molecular flexibility index (Phi) is 6.28. The largest absolute Gasteiger partial charge is 0.508 e. The third kappa shape index (κ3) is 4.16. The number of ether oxygens (including phenoxy) is 2. The van der Waals surface area contributed by atoms with Crippen LogP contribution < -0.4 is 0 Å². The lowest BCUT2D eigenvalue weighted by Gasteiger charge is -2.18. The third-order valence-corrected chi connectivity index (χ3v) is 3.88. The molecule has 0 heterocycles. The number of allylic oxidation sites excluding steroid dienone is 5. The summed E-state index contributed by atoms with van der Waals surface area (Å²) >= 11 is 0. The van der Waals surface area contributed by atoms with Crippen molar-refractivity contribution in [1.82, 2.24) is 0 Å². The molecule has 0 saturated heterocycles. The Hall–Kier alpha value is -2.17. The van der Waals surface area contributed by atoms with Crippen LogP contribution in [-0.2, 0) is 19.1 Å². The summed E-state index contributed by atoms with van der Waals surface area (Å²) < 4.78 is 9.13. The molecule has 1 aliphatic carbocycles. The molecule has 0 aliphatic heterocycles. The van der Waals surface area contributed by atoms with Crippen molar-refractivity contribution >= 4 is 17.7 Å². The van der Waals surface area contributed by atoms with E-state index in [-0.39, 0.29) is 18.2 Å². The molecule has 0 atom stereocenters. The molecule has 0 bridgehead atoms. The highest BCUT2D eigenvalue weighted by Gasteiger charge is 2.27. The number of methoxy groups -OCH3 is 1. The second-order valence-corrected chi connectivity index (χ2v) is 5.33. The summed E-state index contributed by atoms with van der Waals surface area (Å²) in [4.78, 5) is 35.2. The molecule has 1 aliphatic rings. The molecule has 0 aromatic rings. The average molecular weight is 306 g/mol. The molecule has 0 N–H and O–H groups in total. The van der Waals surface area contributed by atoms with Gasteiger partial charge in [0, 0.05) is 22.3 Å². The molecule has 0 spiro atoms. The second-order valence-electron chi connectivity index (χ2n) is 5.33. The summed E-state index contributed by atoms with van der Waals surface area (Å²) in [6.45, 7) is 7.09. The number of carbonyl (C=O) groups excluding carboxylic acids is 3. The molecule has 5 heteroatoms. The van der Waals surface area contributed by atoms with Gasteiger partial charge in [-0.15, -0.1) is 0 Å². The molecule has 0 aromatic carbocycles. The van der Waals surface area contributed by atoms with Crippen LogP contribution in [0.25, 0.3) is 0 Å². The van der Waals surface area contributed by atoms with Gasteiger partial charge in [0.1, 0.15) is 6.61 Å². The molecule has 0 radical (unpaired) electrons. The first-order valence-electron chi connectivity index (χ1n) is 7.12. The molecular weight excluding hydrogens is 284 g/mol. The van der Waals surface area contributed by atoms with E-state index in [9.17, 15) is 14.4 Å². The van der Waals surface area contributed by atoms with E-state index in [1.165, 1.54) is 7.11 Å². The number of hydrogen-bond acceptors (Lipinski definition) is 5. The van der Waals surface area contributed by atoms with Crippen molar-refractivity contribution in [3.05, 3.63) is 33.9 Å². The summed E-state index contributed by atoms with van der Waals surface area (Å²) in [5.41, 5.74) is 3.15. The molecule has 120 valence electrons. The highest BCUT2D eigenvalue weighted by molar-refractivity contribution is 6.24. The summed E-state index contributed by atoms with van der Waals surface area (Å²) in [6, 6.07) is 0. The van der Waals surface area contributed by atoms with E-state index in [1.807, 2.05) is 6.92 Å². The first kappa shape index (κ1) is 17.9. The summed E-state index contributed by atoms with van der Waals surface area (Å²) in [5, 5.41) is 0. The van der Waals surface area contributed by atoms with Crippen LogP contribution in [0.15, 0.2) is 33.9 Å². The lowest BCUT2D eigenvalue weighted by atomic mass is 9.83. The maximum Gasteiger partial charge on any atom is 0.508 e. The number of ketones is 2. The third-order valence-electron chi connectivity index (χ3n) is 3.88. The zero-order chi connectivity index (χ0) is 16.9. The van der Waals surface area contributed by atoms with Crippen molar-refractivity contribution in [2.24, 2.45) is 0 Å². The number of rotatable bonds is 5. The molecular formula is C17H22O5. The van der Waals surface area contributed by atoms with Gasteiger partial charge in [0.05, 0.1) is 7.11 Å².